The Bertz CT molecular complexity index is 944. The van der Waals surface area contributed by atoms with Gasteiger partial charge < -0.3 is 14.8 Å². The fraction of sp³-hybridized carbons (Fsp3) is 0.476. The first-order chi connectivity index (χ1) is 13.1. The lowest BCUT2D eigenvalue weighted by atomic mass is 9.84. The van der Waals surface area contributed by atoms with Crippen LogP contribution in [0.25, 0.3) is 0 Å². The number of methoxy groups -OCH3 is 1. The van der Waals surface area contributed by atoms with Crippen molar-refractivity contribution in [3.63, 3.8) is 0 Å². The number of aryl methyl sites for hydroxylation is 2. The summed E-state index contributed by atoms with van der Waals surface area (Å²) >= 11 is 0. The van der Waals surface area contributed by atoms with Crippen LogP contribution in [0.1, 0.15) is 29.7 Å². The number of ether oxygens (including phenoxy) is 2. The Balaban J connectivity index is 1.83. The molecule has 1 fully saturated rings. The number of aromatic nitrogens is 2. The van der Waals surface area contributed by atoms with Crippen LogP contribution < -0.4 is 10.1 Å². The smallest absolute Gasteiger partial charge is 0.169 e. The molecule has 5 rings (SSSR count). The van der Waals surface area contributed by atoms with Crippen molar-refractivity contribution < 1.29 is 9.47 Å². The maximum atomic E-state index is 5.91. The molecule has 3 aliphatic rings. The van der Waals surface area contributed by atoms with Gasteiger partial charge in [-0.15, -0.1) is 0 Å². The van der Waals surface area contributed by atoms with Crippen molar-refractivity contribution in [3.05, 3.63) is 52.4 Å². The maximum absolute atomic E-state index is 5.91. The lowest BCUT2D eigenvalue weighted by molar-refractivity contribution is 0.0850. The van der Waals surface area contributed by atoms with Crippen LogP contribution in [-0.4, -0.2) is 48.1 Å². The zero-order chi connectivity index (χ0) is 18.8. The minimum atomic E-state index is -0.474. The predicted octanol–water partition coefficient (Wildman–Crippen LogP) is 3.01. The van der Waals surface area contributed by atoms with Gasteiger partial charge in [0.25, 0.3) is 0 Å². The minimum absolute atomic E-state index is 0.474. The van der Waals surface area contributed by atoms with Crippen molar-refractivity contribution in [2.45, 2.75) is 38.4 Å². The number of rotatable bonds is 4. The molecule has 0 spiro atoms. The van der Waals surface area contributed by atoms with Gasteiger partial charge >= 0.3 is 0 Å². The molecule has 142 valence electrons. The lowest BCUT2D eigenvalue weighted by Gasteiger charge is -2.47. The van der Waals surface area contributed by atoms with Crippen LogP contribution in [0.2, 0.25) is 0 Å². The summed E-state index contributed by atoms with van der Waals surface area (Å²) in [4.78, 5) is 2.50. The van der Waals surface area contributed by atoms with E-state index in [1.54, 1.807) is 7.11 Å². The number of nitrogens with one attached hydrogen (secondary N) is 1. The van der Waals surface area contributed by atoms with Gasteiger partial charge in [-0.1, -0.05) is 6.07 Å². The number of likely N-dealkylation sites (N-methyl/N-ethyl adjacent to an activating group) is 1. The van der Waals surface area contributed by atoms with E-state index in [1.807, 2.05) is 0 Å². The first kappa shape index (κ1) is 16.8. The van der Waals surface area contributed by atoms with Gasteiger partial charge in [0.2, 0.25) is 0 Å². The molecule has 3 heterocycles. The minimum Gasteiger partial charge on any atom is -0.497 e. The van der Waals surface area contributed by atoms with Gasteiger partial charge in [-0.25, -0.2) is 4.68 Å². The third-order valence-electron chi connectivity index (χ3n) is 6.11. The SMILES string of the molecule is COc1ccc(C2(N(C)C3CC3)C3=C(COC3)Nc3cc(C)nn32)c(C)c1. The van der Waals surface area contributed by atoms with E-state index >= 15 is 0 Å². The van der Waals surface area contributed by atoms with E-state index in [0.29, 0.717) is 19.3 Å². The summed E-state index contributed by atoms with van der Waals surface area (Å²) in [5.41, 5.74) is 5.41. The van der Waals surface area contributed by atoms with Crippen LogP contribution in [0.4, 0.5) is 5.82 Å². The number of anilines is 1. The molecule has 2 aromatic rings. The van der Waals surface area contributed by atoms with E-state index < -0.39 is 5.66 Å². The largest absolute Gasteiger partial charge is 0.497 e. The normalized spacial score (nSPS) is 24.0. The van der Waals surface area contributed by atoms with Gasteiger partial charge in [0, 0.05) is 28.9 Å². The molecule has 1 atom stereocenters. The number of hydrogen-bond acceptors (Lipinski definition) is 5. The van der Waals surface area contributed by atoms with Crippen molar-refractivity contribution in [1.29, 1.82) is 0 Å². The topological polar surface area (TPSA) is 51.6 Å². The highest BCUT2D eigenvalue weighted by molar-refractivity contribution is 5.58. The van der Waals surface area contributed by atoms with Gasteiger partial charge in [0.05, 0.1) is 26.0 Å². The summed E-state index contributed by atoms with van der Waals surface area (Å²) in [5.74, 6) is 1.91. The summed E-state index contributed by atoms with van der Waals surface area (Å²) in [6.45, 7) is 5.45. The second kappa shape index (κ2) is 5.84. The first-order valence-corrected chi connectivity index (χ1v) is 9.58. The molecule has 1 aliphatic carbocycles. The second-order valence-corrected chi connectivity index (χ2v) is 7.85. The van der Waals surface area contributed by atoms with Crippen LogP contribution in [-0.2, 0) is 10.4 Å². The van der Waals surface area contributed by atoms with Crippen molar-refractivity contribution >= 4 is 5.82 Å². The summed E-state index contributed by atoms with van der Waals surface area (Å²) in [5, 5.41) is 8.51. The van der Waals surface area contributed by atoms with Gasteiger partial charge in [0.15, 0.2) is 5.66 Å². The molecule has 0 saturated heterocycles. The van der Waals surface area contributed by atoms with Crippen LogP contribution in [0, 0.1) is 13.8 Å². The van der Waals surface area contributed by atoms with Gasteiger partial charge in [-0.05, 0) is 51.4 Å². The molecular formula is C21H26N4O2. The van der Waals surface area contributed by atoms with E-state index in [1.165, 1.54) is 35.2 Å². The molecule has 1 unspecified atom stereocenters. The number of benzene rings is 1. The highest BCUT2D eigenvalue weighted by Crippen LogP contribution is 2.50. The Morgan fingerprint density at radius 1 is 1.26 bits per heavy atom. The van der Waals surface area contributed by atoms with Crippen molar-refractivity contribution in [2.24, 2.45) is 0 Å². The fourth-order valence-corrected chi connectivity index (χ4v) is 4.68. The third-order valence-corrected chi connectivity index (χ3v) is 6.11. The van der Waals surface area contributed by atoms with E-state index in [-0.39, 0.29) is 0 Å². The molecule has 1 N–H and O–H groups in total. The predicted molar refractivity (Wildman–Crippen MR) is 104 cm³/mol. The van der Waals surface area contributed by atoms with E-state index in [0.717, 1.165) is 17.3 Å². The zero-order valence-electron chi connectivity index (χ0n) is 16.4. The van der Waals surface area contributed by atoms with E-state index in [2.05, 4.69) is 60.1 Å². The number of fused-ring (bicyclic) bond motifs is 1. The second-order valence-electron chi connectivity index (χ2n) is 7.85. The Morgan fingerprint density at radius 3 is 2.78 bits per heavy atom. The highest BCUT2D eigenvalue weighted by Gasteiger charge is 2.53. The molecule has 0 amide bonds. The molecule has 1 aromatic heterocycles. The molecule has 6 heteroatoms. The molecule has 1 saturated carbocycles. The average molecular weight is 366 g/mol. The Labute approximate surface area is 159 Å². The molecular weight excluding hydrogens is 340 g/mol. The average Bonchev–Trinajstić information content (AvgIpc) is 3.28. The fourth-order valence-electron chi connectivity index (χ4n) is 4.68. The third kappa shape index (κ3) is 2.29. The van der Waals surface area contributed by atoms with Crippen molar-refractivity contribution in [3.8, 4) is 5.75 Å². The van der Waals surface area contributed by atoms with Crippen LogP contribution in [0.3, 0.4) is 0 Å². The summed E-state index contributed by atoms with van der Waals surface area (Å²) in [6, 6.07) is 9.04. The lowest BCUT2D eigenvalue weighted by Crippen LogP contribution is -2.55. The summed E-state index contributed by atoms with van der Waals surface area (Å²) in [7, 11) is 3.95. The highest BCUT2D eigenvalue weighted by atomic mass is 16.5. The zero-order valence-corrected chi connectivity index (χ0v) is 16.4. The molecule has 6 nitrogen and oxygen atoms in total. The molecule has 1 aromatic carbocycles. The Kier molecular flexibility index (Phi) is 3.64. The molecule has 27 heavy (non-hydrogen) atoms. The van der Waals surface area contributed by atoms with Crippen LogP contribution in [0.15, 0.2) is 35.5 Å². The van der Waals surface area contributed by atoms with E-state index in [9.17, 15) is 0 Å². The monoisotopic (exact) mass is 366 g/mol. The Morgan fingerprint density at radius 2 is 2.07 bits per heavy atom. The van der Waals surface area contributed by atoms with Gasteiger partial charge in [-0.2, -0.15) is 5.10 Å². The van der Waals surface area contributed by atoms with Gasteiger partial charge in [-0.3, -0.25) is 4.90 Å². The van der Waals surface area contributed by atoms with Crippen LogP contribution in [0.5, 0.6) is 5.75 Å². The van der Waals surface area contributed by atoms with E-state index in [4.69, 9.17) is 14.6 Å². The number of nitrogens with zero attached hydrogens (tertiary/aromatic N) is 3. The molecule has 0 radical (unpaired) electrons. The summed E-state index contributed by atoms with van der Waals surface area (Å²) < 4.78 is 13.5. The van der Waals surface area contributed by atoms with Crippen molar-refractivity contribution in [2.75, 3.05) is 32.7 Å². The van der Waals surface area contributed by atoms with Gasteiger partial charge in [0.1, 0.15) is 11.6 Å². The Hall–Kier alpha value is -2.31. The first-order valence-electron chi connectivity index (χ1n) is 9.58. The molecule has 0 bridgehead atoms. The van der Waals surface area contributed by atoms with Crippen LogP contribution >= 0.6 is 0 Å². The maximum Gasteiger partial charge on any atom is 0.169 e. The summed E-state index contributed by atoms with van der Waals surface area (Å²) in [6.07, 6.45) is 2.44. The quantitative estimate of drug-likeness (QED) is 0.901. The number of hydrogen-bond donors (Lipinski definition) is 1. The molecule has 2 aliphatic heterocycles. The standard InChI is InChI=1S/C21H26N4O2/c1-13-9-16(26-4)7-8-17(13)21(24(3)15-5-6-15)18-11-27-12-19(18)22-20-10-14(2)23-25(20)21/h7-10,15,22H,5-6,11-12H2,1-4H3. The van der Waals surface area contributed by atoms with Crippen molar-refractivity contribution in [1.82, 2.24) is 14.7 Å².